The Labute approximate surface area is 145 Å². The minimum absolute atomic E-state index is 0.168. The second-order valence-electron chi connectivity index (χ2n) is 6.11. The number of rotatable bonds is 9. The summed E-state index contributed by atoms with van der Waals surface area (Å²) < 4.78 is 26.8. The smallest absolute Gasteiger partial charge is 0.211 e. The molecule has 130 valence electrons. The van der Waals surface area contributed by atoms with Gasteiger partial charge in [-0.05, 0) is 42.5 Å². The van der Waals surface area contributed by atoms with Crippen LogP contribution in [0.5, 0.6) is 0 Å². The van der Waals surface area contributed by atoms with E-state index in [-0.39, 0.29) is 5.75 Å². The molecule has 0 aliphatic rings. The standard InChI is InChI=1S/C19H26N2O2S/c1-21(2)19-12-10-18(11-13-19)14-15-20-24(22,23)16-6-9-17-7-4-3-5-8-17/h3-5,7-8,10-13,20H,6,9,14-16H2,1-2H3. The molecule has 0 spiro atoms. The fourth-order valence-corrected chi connectivity index (χ4v) is 3.58. The fourth-order valence-electron chi connectivity index (χ4n) is 2.49. The third kappa shape index (κ3) is 6.34. The molecule has 2 aromatic carbocycles. The van der Waals surface area contributed by atoms with Crippen molar-refractivity contribution < 1.29 is 8.42 Å². The van der Waals surface area contributed by atoms with E-state index in [9.17, 15) is 8.42 Å². The number of hydrogen-bond donors (Lipinski definition) is 1. The minimum atomic E-state index is -3.20. The molecule has 0 atom stereocenters. The predicted molar refractivity (Wildman–Crippen MR) is 101 cm³/mol. The van der Waals surface area contributed by atoms with E-state index in [1.165, 1.54) is 5.56 Å². The van der Waals surface area contributed by atoms with Crippen LogP contribution in [0.2, 0.25) is 0 Å². The fraction of sp³-hybridized carbons (Fsp3) is 0.368. The average Bonchev–Trinajstić information content (AvgIpc) is 2.56. The van der Waals surface area contributed by atoms with Crippen molar-refractivity contribution in [2.75, 3.05) is 31.3 Å². The highest BCUT2D eigenvalue weighted by atomic mass is 32.2. The van der Waals surface area contributed by atoms with Gasteiger partial charge in [-0.2, -0.15) is 0 Å². The van der Waals surface area contributed by atoms with Crippen molar-refractivity contribution in [3.63, 3.8) is 0 Å². The van der Waals surface area contributed by atoms with Crippen molar-refractivity contribution in [3.05, 3.63) is 65.7 Å². The van der Waals surface area contributed by atoms with Gasteiger partial charge in [0.05, 0.1) is 5.75 Å². The first-order chi connectivity index (χ1) is 11.5. The van der Waals surface area contributed by atoms with Crippen LogP contribution in [-0.2, 0) is 22.9 Å². The molecule has 4 nitrogen and oxygen atoms in total. The second-order valence-corrected chi connectivity index (χ2v) is 8.04. The van der Waals surface area contributed by atoms with E-state index in [0.29, 0.717) is 19.4 Å². The van der Waals surface area contributed by atoms with Gasteiger partial charge in [0.15, 0.2) is 0 Å². The maximum absolute atomic E-state index is 12.0. The average molecular weight is 346 g/mol. The molecule has 0 aliphatic heterocycles. The van der Waals surface area contributed by atoms with Gasteiger partial charge in [0.25, 0.3) is 0 Å². The third-order valence-corrected chi connectivity index (χ3v) is 5.38. The zero-order valence-corrected chi connectivity index (χ0v) is 15.2. The molecule has 5 heteroatoms. The lowest BCUT2D eigenvalue weighted by Crippen LogP contribution is -2.28. The molecule has 2 rings (SSSR count). The number of nitrogens with one attached hydrogen (secondary N) is 1. The molecule has 0 heterocycles. The highest BCUT2D eigenvalue weighted by molar-refractivity contribution is 7.89. The number of sulfonamides is 1. The van der Waals surface area contributed by atoms with Crippen molar-refractivity contribution in [2.24, 2.45) is 0 Å². The van der Waals surface area contributed by atoms with Gasteiger partial charge in [-0.1, -0.05) is 42.5 Å². The third-order valence-electron chi connectivity index (χ3n) is 3.91. The summed E-state index contributed by atoms with van der Waals surface area (Å²) >= 11 is 0. The topological polar surface area (TPSA) is 49.4 Å². The van der Waals surface area contributed by atoms with Crippen LogP contribution in [0.3, 0.4) is 0 Å². The zero-order valence-electron chi connectivity index (χ0n) is 14.4. The lowest BCUT2D eigenvalue weighted by molar-refractivity contribution is 0.579. The summed E-state index contributed by atoms with van der Waals surface area (Å²) in [7, 11) is 0.795. The van der Waals surface area contributed by atoms with Gasteiger partial charge in [0, 0.05) is 26.3 Å². The summed E-state index contributed by atoms with van der Waals surface area (Å²) in [6, 6.07) is 18.1. The minimum Gasteiger partial charge on any atom is -0.378 e. The number of aryl methyl sites for hydroxylation is 1. The monoisotopic (exact) mass is 346 g/mol. The van der Waals surface area contributed by atoms with Crippen molar-refractivity contribution in [1.82, 2.24) is 4.72 Å². The first-order valence-electron chi connectivity index (χ1n) is 8.24. The van der Waals surface area contributed by atoms with Crippen LogP contribution in [-0.4, -0.2) is 34.8 Å². The van der Waals surface area contributed by atoms with E-state index in [2.05, 4.69) is 4.72 Å². The molecule has 0 aromatic heterocycles. The van der Waals surface area contributed by atoms with Gasteiger partial charge in [0.2, 0.25) is 10.0 Å². The van der Waals surface area contributed by atoms with Crippen LogP contribution in [0.1, 0.15) is 17.5 Å². The number of nitrogens with zero attached hydrogens (tertiary/aromatic N) is 1. The van der Waals surface area contributed by atoms with Gasteiger partial charge in [-0.3, -0.25) is 0 Å². The van der Waals surface area contributed by atoms with Gasteiger partial charge < -0.3 is 4.90 Å². The van der Waals surface area contributed by atoms with Crippen molar-refractivity contribution in [3.8, 4) is 0 Å². The van der Waals surface area contributed by atoms with E-state index in [1.54, 1.807) is 0 Å². The van der Waals surface area contributed by atoms with Crippen molar-refractivity contribution >= 4 is 15.7 Å². The Morgan fingerprint density at radius 3 is 2.12 bits per heavy atom. The molecule has 0 aliphatic carbocycles. The van der Waals surface area contributed by atoms with Crippen LogP contribution in [0, 0.1) is 0 Å². The highest BCUT2D eigenvalue weighted by Crippen LogP contribution is 2.12. The Balaban J connectivity index is 1.72. The van der Waals surface area contributed by atoms with Crippen molar-refractivity contribution in [1.29, 1.82) is 0 Å². The van der Waals surface area contributed by atoms with Gasteiger partial charge in [-0.15, -0.1) is 0 Å². The molecule has 0 radical (unpaired) electrons. The van der Waals surface area contributed by atoms with E-state index >= 15 is 0 Å². The molecule has 0 bridgehead atoms. The number of benzene rings is 2. The predicted octanol–water partition coefficient (Wildman–Crippen LogP) is 2.85. The summed E-state index contributed by atoms with van der Waals surface area (Å²) in [4.78, 5) is 2.04. The first-order valence-corrected chi connectivity index (χ1v) is 9.89. The Kier molecular flexibility index (Phi) is 6.82. The van der Waals surface area contributed by atoms with Crippen LogP contribution in [0.15, 0.2) is 54.6 Å². The maximum atomic E-state index is 12.0. The van der Waals surface area contributed by atoms with Crippen LogP contribution < -0.4 is 9.62 Å². The molecule has 2 aromatic rings. The molecular formula is C19H26N2O2S. The van der Waals surface area contributed by atoms with E-state index < -0.39 is 10.0 Å². The molecule has 24 heavy (non-hydrogen) atoms. The quantitative estimate of drug-likeness (QED) is 0.759. The lowest BCUT2D eigenvalue weighted by atomic mass is 10.1. The summed E-state index contributed by atoms with van der Waals surface area (Å²) in [6.45, 7) is 0.439. The normalized spacial score (nSPS) is 11.4. The summed E-state index contributed by atoms with van der Waals surface area (Å²) in [5.41, 5.74) is 3.45. The zero-order chi connectivity index (χ0) is 17.4. The highest BCUT2D eigenvalue weighted by Gasteiger charge is 2.09. The number of anilines is 1. The van der Waals surface area contributed by atoms with Gasteiger partial charge >= 0.3 is 0 Å². The first kappa shape index (κ1) is 18.5. The van der Waals surface area contributed by atoms with E-state index in [4.69, 9.17) is 0 Å². The lowest BCUT2D eigenvalue weighted by Gasteiger charge is -2.12. The summed E-state index contributed by atoms with van der Waals surface area (Å²) in [5, 5.41) is 0. The molecular weight excluding hydrogens is 320 g/mol. The Hall–Kier alpha value is -1.85. The maximum Gasteiger partial charge on any atom is 0.211 e. The molecule has 0 saturated heterocycles. The number of hydrogen-bond acceptors (Lipinski definition) is 3. The van der Waals surface area contributed by atoms with E-state index in [1.807, 2.05) is 73.6 Å². The molecule has 1 N–H and O–H groups in total. The van der Waals surface area contributed by atoms with Crippen LogP contribution in [0.4, 0.5) is 5.69 Å². The SMILES string of the molecule is CN(C)c1ccc(CCNS(=O)(=O)CCCc2ccccc2)cc1. The molecule has 0 fully saturated rings. The van der Waals surface area contributed by atoms with Gasteiger partial charge in [-0.25, -0.2) is 13.1 Å². The Bertz CT molecular complexity index is 711. The van der Waals surface area contributed by atoms with Crippen LogP contribution in [0.25, 0.3) is 0 Å². The van der Waals surface area contributed by atoms with Crippen LogP contribution >= 0.6 is 0 Å². The van der Waals surface area contributed by atoms with Crippen molar-refractivity contribution in [2.45, 2.75) is 19.3 Å². The molecule has 0 amide bonds. The van der Waals surface area contributed by atoms with Gasteiger partial charge in [0.1, 0.15) is 0 Å². The van der Waals surface area contributed by atoms with E-state index in [0.717, 1.165) is 17.7 Å². The Morgan fingerprint density at radius 2 is 1.50 bits per heavy atom. The largest absolute Gasteiger partial charge is 0.378 e. The summed E-state index contributed by atoms with van der Waals surface area (Å²) in [5.74, 6) is 0.168. The summed E-state index contributed by atoms with van der Waals surface area (Å²) in [6.07, 6.45) is 2.12. The Morgan fingerprint density at radius 1 is 0.875 bits per heavy atom. The molecule has 0 unspecified atom stereocenters. The molecule has 0 saturated carbocycles. The second kappa shape index (κ2) is 8.85.